The van der Waals surface area contributed by atoms with Crippen molar-refractivity contribution in [1.29, 1.82) is 0 Å². The van der Waals surface area contributed by atoms with Crippen molar-refractivity contribution in [3.8, 4) is 5.75 Å². The largest absolute Gasteiger partial charge is 0.497 e. The van der Waals surface area contributed by atoms with Gasteiger partial charge in [-0.05, 0) is 35.7 Å². The third kappa shape index (κ3) is 4.00. The normalized spacial score (nSPS) is 15.3. The van der Waals surface area contributed by atoms with E-state index >= 15 is 0 Å². The van der Waals surface area contributed by atoms with E-state index in [-0.39, 0.29) is 12.5 Å². The molecule has 1 heterocycles. The number of imide groups is 1. The lowest BCUT2D eigenvalue weighted by Crippen LogP contribution is -2.52. The molecule has 1 aliphatic rings. The van der Waals surface area contributed by atoms with Crippen LogP contribution in [0.5, 0.6) is 5.75 Å². The van der Waals surface area contributed by atoms with Crippen molar-refractivity contribution in [3.63, 3.8) is 0 Å². The van der Waals surface area contributed by atoms with Gasteiger partial charge in [-0.3, -0.25) is 19.3 Å². The first-order chi connectivity index (χ1) is 13.8. The van der Waals surface area contributed by atoms with Gasteiger partial charge in [0.15, 0.2) is 0 Å². The molecular weight excluding hydrogens is 372 g/mol. The van der Waals surface area contributed by atoms with Gasteiger partial charge in [0.2, 0.25) is 5.91 Å². The number of benzene rings is 2. The van der Waals surface area contributed by atoms with E-state index in [1.54, 1.807) is 69.5 Å². The Morgan fingerprint density at radius 3 is 2.07 bits per heavy atom. The number of rotatable bonds is 7. The van der Waals surface area contributed by atoms with Gasteiger partial charge in [-0.1, -0.05) is 38.1 Å². The molecule has 0 fully saturated rings. The van der Waals surface area contributed by atoms with Crippen molar-refractivity contribution in [2.45, 2.75) is 26.0 Å². The number of carbonyl (C=O) groups is 3. The molecule has 3 amide bonds. The van der Waals surface area contributed by atoms with Gasteiger partial charge in [-0.15, -0.1) is 0 Å². The predicted octanol–water partition coefficient (Wildman–Crippen LogP) is 2.17. The highest BCUT2D eigenvalue weighted by Crippen LogP contribution is 2.27. The number of hydrogen-bond donors (Lipinski definition) is 2. The van der Waals surface area contributed by atoms with Crippen LogP contribution in [-0.2, 0) is 4.79 Å². The zero-order chi connectivity index (χ0) is 21.1. The van der Waals surface area contributed by atoms with Gasteiger partial charge in [0, 0.05) is 6.54 Å². The molecule has 0 saturated heterocycles. The van der Waals surface area contributed by atoms with Crippen molar-refractivity contribution >= 4 is 17.7 Å². The summed E-state index contributed by atoms with van der Waals surface area (Å²) in [5.74, 6) is -1.07. The zero-order valence-corrected chi connectivity index (χ0v) is 16.6. The van der Waals surface area contributed by atoms with Crippen molar-refractivity contribution in [2.75, 3.05) is 13.7 Å². The molecule has 2 aromatic rings. The van der Waals surface area contributed by atoms with Crippen molar-refractivity contribution in [2.24, 2.45) is 5.92 Å². The third-order valence-electron chi connectivity index (χ3n) is 4.97. The monoisotopic (exact) mass is 396 g/mol. The van der Waals surface area contributed by atoms with E-state index in [0.29, 0.717) is 22.4 Å². The Morgan fingerprint density at radius 2 is 1.59 bits per heavy atom. The summed E-state index contributed by atoms with van der Waals surface area (Å²) in [5, 5.41) is 13.0. The molecule has 0 radical (unpaired) electrons. The Labute approximate surface area is 169 Å². The molecule has 0 spiro atoms. The number of fused-ring (bicyclic) bond motifs is 1. The first-order valence-electron chi connectivity index (χ1n) is 9.41. The molecule has 0 bridgehead atoms. The quantitative estimate of drug-likeness (QED) is 0.700. The average molecular weight is 396 g/mol. The second-order valence-corrected chi connectivity index (χ2v) is 7.25. The van der Waals surface area contributed by atoms with Gasteiger partial charge < -0.3 is 15.2 Å². The summed E-state index contributed by atoms with van der Waals surface area (Å²) in [4.78, 5) is 39.4. The molecule has 2 aromatic carbocycles. The SMILES string of the molecule is COc1ccc([C@@H](O)CNC(=O)[C@H](C(C)C)N2C(=O)c3ccccc3C2=O)cc1. The Hall–Kier alpha value is -3.19. The lowest BCUT2D eigenvalue weighted by atomic mass is 10.0. The molecule has 0 saturated carbocycles. The van der Waals surface area contributed by atoms with Crippen LogP contribution in [0, 0.1) is 5.92 Å². The fraction of sp³-hybridized carbons (Fsp3) is 0.318. The van der Waals surface area contributed by atoms with Crippen LogP contribution in [0.25, 0.3) is 0 Å². The Bertz CT molecular complexity index is 888. The van der Waals surface area contributed by atoms with Gasteiger partial charge >= 0.3 is 0 Å². The minimum absolute atomic E-state index is 0.0441. The van der Waals surface area contributed by atoms with Crippen molar-refractivity contribution < 1.29 is 24.2 Å². The van der Waals surface area contributed by atoms with Gasteiger partial charge in [-0.2, -0.15) is 0 Å². The van der Waals surface area contributed by atoms with E-state index in [9.17, 15) is 19.5 Å². The number of carbonyl (C=O) groups excluding carboxylic acids is 3. The molecule has 0 aliphatic carbocycles. The lowest BCUT2D eigenvalue weighted by molar-refractivity contribution is -0.126. The molecule has 0 aromatic heterocycles. The Balaban J connectivity index is 1.72. The summed E-state index contributed by atoms with van der Waals surface area (Å²) in [5.41, 5.74) is 1.22. The van der Waals surface area contributed by atoms with E-state index in [4.69, 9.17) is 4.74 Å². The smallest absolute Gasteiger partial charge is 0.262 e. The molecule has 2 atom stereocenters. The van der Waals surface area contributed by atoms with Crippen LogP contribution in [0.2, 0.25) is 0 Å². The topological polar surface area (TPSA) is 95.9 Å². The van der Waals surface area contributed by atoms with Crippen LogP contribution in [0.4, 0.5) is 0 Å². The van der Waals surface area contributed by atoms with E-state index in [1.807, 2.05) is 0 Å². The number of nitrogens with one attached hydrogen (secondary N) is 1. The van der Waals surface area contributed by atoms with Crippen molar-refractivity contribution in [3.05, 3.63) is 65.2 Å². The Morgan fingerprint density at radius 1 is 1.03 bits per heavy atom. The minimum atomic E-state index is -0.967. The number of nitrogens with zero attached hydrogens (tertiary/aromatic N) is 1. The van der Waals surface area contributed by atoms with Gasteiger partial charge in [0.25, 0.3) is 11.8 Å². The van der Waals surface area contributed by atoms with Crippen LogP contribution < -0.4 is 10.1 Å². The maximum absolute atomic E-state index is 12.9. The number of amides is 3. The average Bonchev–Trinajstić information content (AvgIpc) is 2.97. The Kier molecular flexibility index (Phi) is 5.98. The summed E-state index contributed by atoms with van der Waals surface area (Å²) in [7, 11) is 1.55. The van der Waals surface area contributed by atoms with Gasteiger partial charge in [-0.25, -0.2) is 0 Å². The molecule has 3 rings (SSSR count). The number of hydrogen-bond acceptors (Lipinski definition) is 5. The van der Waals surface area contributed by atoms with Crippen LogP contribution in [0.1, 0.15) is 46.2 Å². The molecule has 29 heavy (non-hydrogen) atoms. The summed E-state index contributed by atoms with van der Waals surface area (Å²) < 4.78 is 5.09. The number of methoxy groups -OCH3 is 1. The first kappa shape index (κ1) is 20.5. The fourth-order valence-electron chi connectivity index (χ4n) is 3.42. The van der Waals surface area contributed by atoms with Crippen LogP contribution >= 0.6 is 0 Å². The fourth-order valence-corrected chi connectivity index (χ4v) is 3.42. The summed E-state index contributed by atoms with van der Waals surface area (Å²) in [6.07, 6.45) is -0.931. The third-order valence-corrected chi connectivity index (χ3v) is 4.97. The molecule has 0 unspecified atom stereocenters. The molecule has 7 heteroatoms. The maximum atomic E-state index is 12.9. The molecule has 1 aliphatic heterocycles. The zero-order valence-electron chi connectivity index (χ0n) is 16.6. The highest BCUT2D eigenvalue weighted by Gasteiger charge is 2.43. The van der Waals surface area contributed by atoms with Crippen molar-refractivity contribution in [1.82, 2.24) is 10.2 Å². The number of ether oxygens (including phenoxy) is 1. The highest BCUT2D eigenvalue weighted by molar-refractivity contribution is 6.22. The van der Waals surface area contributed by atoms with Crippen LogP contribution in [0.3, 0.4) is 0 Å². The summed E-state index contributed by atoms with van der Waals surface area (Å²) >= 11 is 0. The summed E-state index contributed by atoms with van der Waals surface area (Å²) in [6.45, 7) is 3.50. The van der Waals surface area contributed by atoms with E-state index in [0.717, 1.165) is 4.90 Å². The van der Waals surface area contributed by atoms with E-state index in [2.05, 4.69) is 5.32 Å². The molecular formula is C22H24N2O5. The van der Waals surface area contributed by atoms with Gasteiger partial charge in [0.05, 0.1) is 24.3 Å². The molecule has 7 nitrogen and oxygen atoms in total. The lowest BCUT2D eigenvalue weighted by Gasteiger charge is -2.28. The van der Waals surface area contributed by atoms with Gasteiger partial charge in [0.1, 0.15) is 11.8 Å². The van der Waals surface area contributed by atoms with Crippen LogP contribution in [0.15, 0.2) is 48.5 Å². The van der Waals surface area contributed by atoms with E-state index in [1.165, 1.54) is 0 Å². The first-order valence-corrected chi connectivity index (χ1v) is 9.41. The molecule has 2 N–H and O–H groups in total. The minimum Gasteiger partial charge on any atom is -0.497 e. The second-order valence-electron chi connectivity index (χ2n) is 7.25. The summed E-state index contributed by atoms with van der Waals surface area (Å²) in [6, 6.07) is 12.4. The molecule has 152 valence electrons. The van der Waals surface area contributed by atoms with E-state index < -0.39 is 29.9 Å². The second kappa shape index (κ2) is 8.45. The standard InChI is InChI=1S/C22H24N2O5/c1-13(2)19(24-21(27)16-6-4-5-7-17(16)22(24)28)20(26)23-12-18(25)14-8-10-15(29-3)11-9-14/h4-11,13,18-19,25H,12H2,1-3H3,(H,23,26)/t18-,19-/m0/s1. The number of aliphatic hydroxyl groups excluding tert-OH is 1. The highest BCUT2D eigenvalue weighted by atomic mass is 16.5. The predicted molar refractivity (Wildman–Crippen MR) is 107 cm³/mol. The van der Waals surface area contributed by atoms with Crippen LogP contribution in [-0.4, -0.2) is 47.4 Å². The number of aliphatic hydroxyl groups is 1. The maximum Gasteiger partial charge on any atom is 0.262 e.